The van der Waals surface area contributed by atoms with Crippen molar-refractivity contribution in [3.05, 3.63) is 24.3 Å². The monoisotopic (exact) mass is 420 g/mol. The topological polar surface area (TPSA) is 110 Å². The summed E-state index contributed by atoms with van der Waals surface area (Å²) in [6, 6.07) is 7.41. The van der Waals surface area contributed by atoms with Gasteiger partial charge in [-0.25, -0.2) is 0 Å². The van der Waals surface area contributed by atoms with Crippen molar-refractivity contribution in [2.24, 2.45) is 5.73 Å². The molecular formula is C23H36N2O5. The van der Waals surface area contributed by atoms with Crippen LogP contribution < -0.4 is 15.4 Å². The molecule has 168 valence electrons. The Morgan fingerprint density at radius 1 is 0.933 bits per heavy atom. The quantitative estimate of drug-likeness (QED) is 0.376. The van der Waals surface area contributed by atoms with Crippen LogP contribution in [0, 0.1) is 0 Å². The molecule has 2 amide bonds. The minimum absolute atomic E-state index is 0.0210. The number of benzene rings is 1. The van der Waals surface area contributed by atoms with Crippen molar-refractivity contribution < 1.29 is 24.2 Å². The molecule has 30 heavy (non-hydrogen) atoms. The molecule has 1 aromatic rings. The number of ether oxygens (including phenoxy) is 1. The molecular weight excluding hydrogens is 384 g/mol. The maximum atomic E-state index is 12.9. The van der Waals surface area contributed by atoms with Gasteiger partial charge in [-0.15, -0.1) is 0 Å². The standard InChI is InChI=1S/C23H36N2O5/c1-19(27)11-4-2-8-16-25(23(29)15-5-3-9-17-26)20-12-6-7-13-21(20)30-18-10-14-22(24)28/h6-7,12-13,26H,2-5,8-11,14-18H2,1H3,(H2,24,28). The maximum Gasteiger partial charge on any atom is 0.227 e. The van der Waals surface area contributed by atoms with Crippen molar-refractivity contribution in [2.45, 2.75) is 71.1 Å². The molecule has 0 fully saturated rings. The smallest absolute Gasteiger partial charge is 0.227 e. The molecule has 7 nitrogen and oxygen atoms in total. The number of carbonyl (C=O) groups is 3. The van der Waals surface area contributed by atoms with Gasteiger partial charge in [0.25, 0.3) is 0 Å². The zero-order valence-electron chi connectivity index (χ0n) is 18.1. The van der Waals surface area contributed by atoms with Crippen LogP contribution in [0.25, 0.3) is 0 Å². The average Bonchev–Trinajstić information content (AvgIpc) is 2.71. The highest BCUT2D eigenvalue weighted by Crippen LogP contribution is 2.29. The number of aliphatic hydroxyl groups excluding tert-OH is 1. The number of ketones is 1. The fraction of sp³-hybridized carbons (Fsp3) is 0.609. The first-order valence-corrected chi connectivity index (χ1v) is 10.9. The van der Waals surface area contributed by atoms with Gasteiger partial charge in [0.1, 0.15) is 11.5 Å². The van der Waals surface area contributed by atoms with Gasteiger partial charge in [0.05, 0.1) is 12.3 Å². The lowest BCUT2D eigenvalue weighted by atomic mass is 10.1. The van der Waals surface area contributed by atoms with Crippen LogP contribution in [-0.2, 0) is 14.4 Å². The van der Waals surface area contributed by atoms with E-state index < -0.39 is 0 Å². The van der Waals surface area contributed by atoms with Gasteiger partial charge in [0, 0.05) is 32.4 Å². The minimum Gasteiger partial charge on any atom is -0.491 e. The van der Waals surface area contributed by atoms with Crippen molar-refractivity contribution in [1.82, 2.24) is 0 Å². The van der Waals surface area contributed by atoms with E-state index in [1.54, 1.807) is 11.8 Å². The Kier molecular flexibility index (Phi) is 13.2. The largest absolute Gasteiger partial charge is 0.491 e. The molecule has 7 heteroatoms. The number of Topliss-reactive ketones (excluding diaryl/α,β-unsaturated/α-hetero) is 1. The van der Waals surface area contributed by atoms with E-state index in [0.717, 1.165) is 37.8 Å². The predicted octanol–water partition coefficient (Wildman–Crippen LogP) is 3.37. The van der Waals surface area contributed by atoms with Crippen LogP contribution in [0.3, 0.4) is 0 Å². The SMILES string of the molecule is CC(=O)CCCCCN(C(=O)CCCCCO)c1ccccc1OCCCC(N)=O. The van der Waals surface area contributed by atoms with Crippen molar-refractivity contribution in [2.75, 3.05) is 24.7 Å². The normalized spacial score (nSPS) is 10.6. The van der Waals surface area contributed by atoms with E-state index in [9.17, 15) is 14.4 Å². The zero-order chi connectivity index (χ0) is 22.2. The van der Waals surface area contributed by atoms with E-state index in [1.807, 2.05) is 24.3 Å². The van der Waals surface area contributed by atoms with Gasteiger partial charge in [-0.3, -0.25) is 9.59 Å². The van der Waals surface area contributed by atoms with Crippen LogP contribution in [-0.4, -0.2) is 42.5 Å². The molecule has 0 aromatic heterocycles. The molecule has 0 unspecified atom stereocenters. The Labute approximate surface area is 179 Å². The molecule has 0 aliphatic rings. The Morgan fingerprint density at radius 2 is 1.63 bits per heavy atom. The van der Waals surface area contributed by atoms with E-state index >= 15 is 0 Å². The Morgan fingerprint density at radius 3 is 2.33 bits per heavy atom. The summed E-state index contributed by atoms with van der Waals surface area (Å²) in [5.74, 6) is 0.445. The summed E-state index contributed by atoms with van der Waals surface area (Å²) in [5, 5.41) is 8.93. The van der Waals surface area contributed by atoms with Gasteiger partial charge in [-0.05, 0) is 51.2 Å². The molecule has 0 saturated heterocycles. The molecule has 0 spiro atoms. The first-order chi connectivity index (χ1) is 14.5. The third kappa shape index (κ3) is 11.0. The number of carbonyl (C=O) groups excluding carboxylic acids is 3. The first-order valence-electron chi connectivity index (χ1n) is 10.9. The molecule has 0 bridgehead atoms. The van der Waals surface area contributed by atoms with E-state index in [1.165, 1.54) is 0 Å². The van der Waals surface area contributed by atoms with Crippen molar-refractivity contribution in [3.63, 3.8) is 0 Å². The number of rotatable bonds is 17. The van der Waals surface area contributed by atoms with Crippen LogP contribution in [0.1, 0.15) is 71.1 Å². The number of hydrogen-bond donors (Lipinski definition) is 2. The number of nitrogens with zero attached hydrogens (tertiary/aromatic N) is 1. The van der Waals surface area contributed by atoms with Gasteiger partial charge >= 0.3 is 0 Å². The van der Waals surface area contributed by atoms with Crippen LogP contribution in [0.2, 0.25) is 0 Å². The van der Waals surface area contributed by atoms with Crippen LogP contribution in [0.4, 0.5) is 5.69 Å². The second-order valence-corrected chi connectivity index (χ2v) is 7.48. The highest BCUT2D eigenvalue weighted by molar-refractivity contribution is 5.94. The molecule has 1 aromatic carbocycles. The van der Waals surface area contributed by atoms with Crippen LogP contribution >= 0.6 is 0 Å². The second-order valence-electron chi connectivity index (χ2n) is 7.48. The summed E-state index contributed by atoms with van der Waals surface area (Å²) in [6.07, 6.45) is 6.45. The first kappa shape index (κ1) is 25.6. The lowest BCUT2D eigenvalue weighted by Crippen LogP contribution is -2.32. The van der Waals surface area contributed by atoms with Gasteiger partial charge in [0.2, 0.25) is 11.8 Å². The number of primary amides is 1. The summed E-state index contributed by atoms with van der Waals surface area (Å²) in [6.45, 7) is 2.62. The third-order valence-electron chi connectivity index (χ3n) is 4.74. The van der Waals surface area contributed by atoms with Gasteiger partial charge < -0.3 is 25.3 Å². The molecule has 1 rings (SSSR count). The number of anilines is 1. The van der Waals surface area contributed by atoms with Crippen molar-refractivity contribution in [1.29, 1.82) is 0 Å². The highest BCUT2D eigenvalue weighted by Gasteiger charge is 2.19. The van der Waals surface area contributed by atoms with Gasteiger partial charge in [-0.1, -0.05) is 25.0 Å². The summed E-state index contributed by atoms with van der Waals surface area (Å²) < 4.78 is 5.84. The van der Waals surface area contributed by atoms with E-state index in [0.29, 0.717) is 44.6 Å². The van der Waals surface area contributed by atoms with E-state index in [-0.39, 0.29) is 30.6 Å². The number of hydrogen-bond acceptors (Lipinski definition) is 5. The number of unbranched alkanes of at least 4 members (excludes halogenated alkanes) is 4. The molecule has 0 atom stereocenters. The summed E-state index contributed by atoms with van der Waals surface area (Å²) in [7, 11) is 0. The van der Waals surface area contributed by atoms with E-state index in [2.05, 4.69) is 0 Å². The minimum atomic E-state index is -0.364. The number of amides is 2. The van der Waals surface area contributed by atoms with Gasteiger partial charge in [0.15, 0.2) is 0 Å². The molecule has 3 N–H and O–H groups in total. The average molecular weight is 421 g/mol. The number of aliphatic hydroxyl groups is 1. The lowest BCUT2D eigenvalue weighted by Gasteiger charge is -2.25. The Bertz CT molecular complexity index is 663. The highest BCUT2D eigenvalue weighted by atomic mass is 16.5. The lowest BCUT2D eigenvalue weighted by molar-refractivity contribution is -0.119. The molecule has 0 saturated carbocycles. The van der Waals surface area contributed by atoms with E-state index in [4.69, 9.17) is 15.6 Å². The fourth-order valence-electron chi connectivity index (χ4n) is 3.13. The van der Waals surface area contributed by atoms with Crippen LogP contribution in [0.15, 0.2) is 24.3 Å². The summed E-state index contributed by atoms with van der Waals surface area (Å²) in [4.78, 5) is 36.7. The number of para-hydroxylation sites is 2. The molecule has 0 heterocycles. The van der Waals surface area contributed by atoms with Crippen molar-refractivity contribution >= 4 is 23.3 Å². The maximum absolute atomic E-state index is 12.9. The van der Waals surface area contributed by atoms with Gasteiger partial charge in [-0.2, -0.15) is 0 Å². The molecule has 0 aliphatic carbocycles. The third-order valence-corrected chi connectivity index (χ3v) is 4.74. The fourth-order valence-corrected chi connectivity index (χ4v) is 3.13. The zero-order valence-corrected chi connectivity index (χ0v) is 18.1. The summed E-state index contributed by atoms with van der Waals surface area (Å²) in [5.41, 5.74) is 5.89. The second kappa shape index (κ2) is 15.4. The van der Waals surface area contributed by atoms with Crippen LogP contribution in [0.5, 0.6) is 5.75 Å². The predicted molar refractivity (Wildman–Crippen MR) is 117 cm³/mol. The molecule has 0 aliphatic heterocycles. The van der Waals surface area contributed by atoms with Crippen molar-refractivity contribution in [3.8, 4) is 5.75 Å². The number of nitrogens with two attached hydrogens (primary N) is 1. The Hall–Kier alpha value is -2.41. The Balaban J connectivity index is 2.79. The summed E-state index contributed by atoms with van der Waals surface area (Å²) >= 11 is 0. The molecule has 0 radical (unpaired) electrons.